The number of benzene rings is 2. The van der Waals surface area contributed by atoms with Crippen LogP contribution >= 0.6 is 0 Å². The largest absolute Gasteiger partial charge is 0.478 e. The molecule has 3 rings (SSSR count). The smallest absolute Gasteiger partial charge is 0.335 e. The summed E-state index contributed by atoms with van der Waals surface area (Å²) in [7, 11) is 0. The number of carboxylic acids is 1. The number of aliphatic hydroxyl groups is 1. The molecule has 1 aliphatic heterocycles. The number of hydrogen-bond acceptors (Lipinski definition) is 3. The van der Waals surface area contributed by atoms with Crippen LogP contribution in [-0.2, 0) is 17.6 Å². The molecule has 33 heavy (non-hydrogen) atoms. The van der Waals surface area contributed by atoms with Gasteiger partial charge in [-0.25, -0.2) is 4.79 Å². The van der Waals surface area contributed by atoms with Crippen LogP contribution in [0.5, 0.6) is 0 Å². The highest BCUT2D eigenvalue weighted by Crippen LogP contribution is 2.26. The van der Waals surface area contributed by atoms with Gasteiger partial charge >= 0.3 is 5.97 Å². The van der Waals surface area contributed by atoms with Crippen molar-refractivity contribution in [1.29, 1.82) is 0 Å². The fraction of sp³-hybridized carbons (Fsp3) is 0.500. The summed E-state index contributed by atoms with van der Waals surface area (Å²) in [6.07, 6.45) is 7.34. The molecule has 5 heteroatoms. The fourth-order valence-electron chi connectivity index (χ4n) is 4.83. The molecule has 1 aliphatic rings. The van der Waals surface area contributed by atoms with Gasteiger partial charge in [0.15, 0.2) is 0 Å². The van der Waals surface area contributed by atoms with Crippen LogP contribution in [0.3, 0.4) is 0 Å². The molecule has 5 nitrogen and oxygen atoms in total. The highest BCUT2D eigenvalue weighted by atomic mass is 16.4. The maximum Gasteiger partial charge on any atom is 0.335 e. The summed E-state index contributed by atoms with van der Waals surface area (Å²) < 4.78 is 0. The van der Waals surface area contributed by atoms with Gasteiger partial charge in [-0.05, 0) is 80.5 Å². The molecule has 2 aromatic rings. The molecule has 0 bridgehead atoms. The van der Waals surface area contributed by atoms with Crippen molar-refractivity contribution < 1.29 is 19.8 Å². The number of aryl methyl sites for hydroxylation is 2. The third kappa shape index (κ3) is 7.71. The number of aromatic carboxylic acids is 1. The van der Waals surface area contributed by atoms with Crippen LogP contribution in [0, 0.1) is 5.92 Å². The number of carbonyl (C=O) groups excluding carboxylic acids is 1. The second-order valence-electron chi connectivity index (χ2n) is 9.39. The summed E-state index contributed by atoms with van der Waals surface area (Å²) in [5.41, 5.74) is 2.63. The Labute approximate surface area is 197 Å². The summed E-state index contributed by atoms with van der Waals surface area (Å²) in [5, 5.41) is 19.8. The van der Waals surface area contributed by atoms with Gasteiger partial charge in [0.2, 0.25) is 5.91 Å². The van der Waals surface area contributed by atoms with Gasteiger partial charge < -0.3 is 15.1 Å². The van der Waals surface area contributed by atoms with Gasteiger partial charge in [0.05, 0.1) is 11.7 Å². The van der Waals surface area contributed by atoms with E-state index >= 15 is 0 Å². The zero-order chi connectivity index (χ0) is 23.6. The Kier molecular flexibility index (Phi) is 9.49. The minimum atomic E-state index is -0.917. The van der Waals surface area contributed by atoms with Crippen molar-refractivity contribution in [2.45, 2.75) is 76.9 Å². The lowest BCUT2D eigenvalue weighted by molar-refractivity contribution is -0.129. The van der Waals surface area contributed by atoms with E-state index < -0.39 is 5.97 Å². The zero-order valence-corrected chi connectivity index (χ0v) is 19.7. The van der Waals surface area contributed by atoms with E-state index in [-0.39, 0.29) is 24.0 Å². The van der Waals surface area contributed by atoms with Crippen LogP contribution in [0.1, 0.15) is 73.4 Å². The first-order chi connectivity index (χ1) is 15.9. The number of rotatable bonds is 13. The molecule has 2 aromatic carbocycles. The van der Waals surface area contributed by atoms with Gasteiger partial charge in [-0.15, -0.1) is 0 Å². The van der Waals surface area contributed by atoms with Crippen LogP contribution in [-0.4, -0.2) is 45.7 Å². The summed E-state index contributed by atoms with van der Waals surface area (Å²) in [4.78, 5) is 25.5. The lowest BCUT2D eigenvalue weighted by Crippen LogP contribution is -2.35. The lowest BCUT2D eigenvalue weighted by atomic mass is 9.92. The van der Waals surface area contributed by atoms with Gasteiger partial charge in [0, 0.05) is 19.0 Å². The molecule has 0 aliphatic carbocycles. The Hall–Kier alpha value is -2.66. The topological polar surface area (TPSA) is 77.8 Å². The van der Waals surface area contributed by atoms with Crippen LogP contribution < -0.4 is 0 Å². The summed E-state index contributed by atoms with van der Waals surface area (Å²) in [6, 6.07) is 17.7. The average Bonchev–Trinajstić information content (AvgIpc) is 3.17. The van der Waals surface area contributed by atoms with Crippen LogP contribution in [0.4, 0.5) is 0 Å². The number of likely N-dealkylation sites (tertiary alicyclic amines) is 1. The molecular formula is C28H37NO4. The normalized spacial score (nSPS) is 17.8. The highest BCUT2D eigenvalue weighted by molar-refractivity contribution is 5.87. The van der Waals surface area contributed by atoms with E-state index in [1.54, 1.807) is 18.2 Å². The van der Waals surface area contributed by atoms with Gasteiger partial charge in [-0.1, -0.05) is 49.4 Å². The summed E-state index contributed by atoms with van der Waals surface area (Å²) >= 11 is 0. The van der Waals surface area contributed by atoms with Crippen molar-refractivity contribution in [3.05, 3.63) is 71.3 Å². The Balaban J connectivity index is 1.39. The fourth-order valence-corrected chi connectivity index (χ4v) is 4.83. The van der Waals surface area contributed by atoms with Crippen molar-refractivity contribution in [3.8, 4) is 0 Å². The van der Waals surface area contributed by atoms with E-state index in [9.17, 15) is 14.7 Å². The van der Waals surface area contributed by atoms with Crippen molar-refractivity contribution in [2.75, 3.05) is 6.54 Å². The SMILES string of the molecule is C[C@@H](CCCc1ccccc1)[C@H](O)CCC1CCC(=O)N1CCCc1cccc(C(=O)O)c1. The molecular weight excluding hydrogens is 414 g/mol. The molecule has 0 saturated carbocycles. The summed E-state index contributed by atoms with van der Waals surface area (Å²) in [5.74, 6) is -0.468. The molecule has 0 radical (unpaired) electrons. The van der Waals surface area contributed by atoms with Crippen LogP contribution in [0.15, 0.2) is 54.6 Å². The molecule has 0 aromatic heterocycles. The minimum Gasteiger partial charge on any atom is -0.478 e. The number of carboxylic acid groups (broad SMARTS) is 1. The second-order valence-corrected chi connectivity index (χ2v) is 9.39. The molecule has 2 N–H and O–H groups in total. The number of amides is 1. The third-order valence-electron chi connectivity index (χ3n) is 6.91. The lowest BCUT2D eigenvalue weighted by Gasteiger charge is -2.27. The average molecular weight is 452 g/mol. The Morgan fingerprint density at radius 1 is 1.03 bits per heavy atom. The molecule has 1 amide bonds. The quantitative estimate of drug-likeness (QED) is 0.444. The van der Waals surface area contributed by atoms with Gasteiger partial charge in [0.1, 0.15) is 0 Å². The maximum atomic E-state index is 12.4. The molecule has 1 saturated heterocycles. The van der Waals surface area contributed by atoms with Crippen LogP contribution in [0.25, 0.3) is 0 Å². The van der Waals surface area contributed by atoms with Crippen LogP contribution in [0.2, 0.25) is 0 Å². The Morgan fingerprint density at radius 3 is 2.52 bits per heavy atom. The van der Waals surface area contributed by atoms with E-state index in [1.807, 2.05) is 17.0 Å². The molecule has 1 heterocycles. The first kappa shape index (κ1) is 25.0. The molecule has 0 spiro atoms. The number of carbonyl (C=O) groups is 2. The highest BCUT2D eigenvalue weighted by Gasteiger charge is 2.31. The minimum absolute atomic E-state index is 0.199. The Bertz CT molecular complexity index is 898. The van der Waals surface area contributed by atoms with E-state index in [0.29, 0.717) is 18.5 Å². The zero-order valence-electron chi connectivity index (χ0n) is 19.7. The van der Waals surface area contributed by atoms with E-state index in [4.69, 9.17) is 5.11 Å². The Morgan fingerprint density at radius 2 is 1.76 bits per heavy atom. The molecule has 1 fully saturated rings. The van der Waals surface area contributed by atoms with Gasteiger partial charge in [-0.2, -0.15) is 0 Å². The predicted molar refractivity (Wildman–Crippen MR) is 130 cm³/mol. The first-order valence-corrected chi connectivity index (χ1v) is 12.3. The first-order valence-electron chi connectivity index (χ1n) is 12.3. The van der Waals surface area contributed by atoms with E-state index in [1.165, 1.54) is 5.56 Å². The summed E-state index contributed by atoms with van der Waals surface area (Å²) in [6.45, 7) is 2.81. The standard InChI is InChI=1S/C28H37NO4/c1-21(8-5-11-22-9-3-2-4-10-22)26(30)17-15-25-16-18-27(31)29(25)19-7-13-23-12-6-14-24(20-23)28(32)33/h2-4,6,9-10,12,14,20-21,25-26,30H,5,7-8,11,13,15-19H2,1H3,(H,32,33)/t21-,25?,26+/m0/s1. The number of aliphatic hydroxyl groups excluding tert-OH is 1. The van der Waals surface area contributed by atoms with E-state index in [2.05, 4.69) is 31.2 Å². The number of nitrogens with zero attached hydrogens (tertiary/aromatic N) is 1. The second kappa shape index (κ2) is 12.5. The van der Waals surface area contributed by atoms with Gasteiger partial charge in [-0.3, -0.25) is 4.79 Å². The maximum absolute atomic E-state index is 12.4. The number of hydrogen-bond donors (Lipinski definition) is 2. The van der Waals surface area contributed by atoms with Gasteiger partial charge in [0.25, 0.3) is 0 Å². The van der Waals surface area contributed by atoms with E-state index in [0.717, 1.165) is 56.9 Å². The van der Waals surface area contributed by atoms with Crippen molar-refractivity contribution in [1.82, 2.24) is 4.90 Å². The molecule has 1 unspecified atom stereocenters. The van der Waals surface area contributed by atoms with Crippen molar-refractivity contribution >= 4 is 11.9 Å². The molecule has 178 valence electrons. The monoisotopic (exact) mass is 451 g/mol. The van der Waals surface area contributed by atoms with Crippen molar-refractivity contribution in [3.63, 3.8) is 0 Å². The third-order valence-corrected chi connectivity index (χ3v) is 6.91. The predicted octanol–water partition coefficient (Wildman–Crippen LogP) is 5.11. The molecule has 3 atom stereocenters. The van der Waals surface area contributed by atoms with Crippen molar-refractivity contribution in [2.24, 2.45) is 5.92 Å².